The van der Waals surface area contributed by atoms with Crippen LogP contribution in [0.2, 0.25) is 0 Å². The Hall–Kier alpha value is -2.13. The second-order valence-electron chi connectivity index (χ2n) is 6.05. The van der Waals surface area contributed by atoms with Crippen molar-refractivity contribution < 1.29 is 8.42 Å². The molecule has 0 fully saturated rings. The molecule has 0 heterocycles. The van der Waals surface area contributed by atoms with Crippen LogP contribution in [0, 0.1) is 0 Å². The van der Waals surface area contributed by atoms with Gasteiger partial charge in [0, 0.05) is 5.39 Å². The van der Waals surface area contributed by atoms with Gasteiger partial charge in [-0.2, -0.15) is 0 Å². The van der Waals surface area contributed by atoms with E-state index in [-0.39, 0.29) is 0 Å². The highest BCUT2D eigenvalue weighted by molar-refractivity contribution is 7.91. The zero-order chi connectivity index (χ0) is 17.0. The molecule has 0 aliphatic rings. The van der Waals surface area contributed by atoms with Gasteiger partial charge in [-0.05, 0) is 35.9 Å². The standard InChI is InChI=1S/C21H22O2S/c1-2-3-4-11-18-12-6-8-15-20(18)24(22,23)21-16-9-13-17-10-5-7-14-19(17)21/h5-10,12-16H,2-4,11H2,1H3. The molecule has 0 bridgehead atoms. The summed E-state index contributed by atoms with van der Waals surface area (Å²) >= 11 is 0. The molecular formula is C21H22O2S. The number of aryl methyl sites for hydroxylation is 1. The molecule has 0 aliphatic carbocycles. The summed E-state index contributed by atoms with van der Waals surface area (Å²) in [4.78, 5) is 0.834. The number of rotatable bonds is 6. The van der Waals surface area contributed by atoms with E-state index in [0.29, 0.717) is 9.79 Å². The molecule has 2 nitrogen and oxygen atoms in total. The number of hydrogen-bond donors (Lipinski definition) is 0. The fraction of sp³-hybridized carbons (Fsp3) is 0.238. The van der Waals surface area contributed by atoms with Crippen LogP contribution in [0.25, 0.3) is 10.8 Å². The lowest BCUT2D eigenvalue weighted by atomic mass is 10.1. The molecule has 0 saturated heterocycles. The van der Waals surface area contributed by atoms with Crippen LogP contribution in [0.5, 0.6) is 0 Å². The topological polar surface area (TPSA) is 34.1 Å². The number of sulfone groups is 1. The average molecular weight is 338 g/mol. The van der Waals surface area contributed by atoms with Gasteiger partial charge in [0.1, 0.15) is 0 Å². The van der Waals surface area contributed by atoms with Crippen LogP contribution in [0.1, 0.15) is 31.7 Å². The second kappa shape index (κ2) is 7.18. The van der Waals surface area contributed by atoms with Gasteiger partial charge in [0.05, 0.1) is 9.79 Å². The Bertz CT molecular complexity index is 937. The van der Waals surface area contributed by atoms with Crippen molar-refractivity contribution in [2.75, 3.05) is 0 Å². The molecule has 0 atom stereocenters. The van der Waals surface area contributed by atoms with Crippen LogP contribution in [0.4, 0.5) is 0 Å². The molecule has 0 amide bonds. The fourth-order valence-corrected chi connectivity index (χ4v) is 4.83. The highest BCUT2D eigenvalue weighted by Crippen LogP contribution is 2.30. The lowest BCUT2D eigenvalue weighted by Crippen LogP contribution is -2.06. The van der Waals surface area contributed by atoms with Crippen LogP contribution >= 0.6 is 0 Å². The van der Waals surface area contributed by atoms with E-state index in [9.17, 15) is 8.42 Å². The summed E-state index contributed by atoms with van der Waals surface area (Å²) in [5.74, 6) is 0. The summed E-state index contributed by atoms with van der Waals surface area (Å²) < 4.78 is 26.6. The summed E-state index contributed by atoms with van der Waals surface area (Å²) in [6.45, 7) is 2.15. The molecule has 0 aliphatic heterocycles. The Labute approximate surface area is 144 Å². The molecule has 24 heavy (non-hydrogen) atoms. The monoisotopic (exact) mass is 338 g/mol. The molecule has 3 rings (SSSR count). The molecular weight excluding hydrogens is 316 g/mol. The third-order valence-corrected chi connectivity index (χ3v) is 6.26. The maximum absolute atomic E-state index is 13.3. The maximum atomic E-state index is 13.3. The van der Waals surface area contributed by atoms with Crippen molar-refractivity contribution in [1.29, 1.82) is 0 Å². The first-order valence-electron chi connectivity index (χ1n) is 8.45. The quantitative estimate of drug-likeness (QED) is 0.564. The van der Waals surface area contributed by atoms with Crippen LogP contribution in [0.15, 0.2) is 76.5 Å². The number of unbranched alkanes of at least 4 members (excludes halogenated alkanes) is 2. The van der Waals surface area contributed by atoms with E-state index in [2.05, 4.69) is 6.92 Å². The molecule has 0 radical (unpaired) electrons. The Kier molecular flexibility index (Phi) is 5.00. The van der Waals surface area contributed by atoms with E-state index in [1.54, 1.807) is 18.2 Å². The van der Waals surface area contributed by atoms with Crippen molar-refractivity contribution in [1.82, 2.24) is 0 Å². The lowest BCUT2D eigenvalue weighted by molar-refractivity contribution is 0.595. The highest BCUT2D eigenvalue weighted by atomic mass is 32.2. The zero-order valence-corrected chi connectivity index (χ0v) is 14.7. The van der Waals surface area contributed by atoms with Gasteiger partial charge in [-0.1, -0.05) is 74.4 Å². The fourth-order valence-electron chi connectivity index (χ4n) is 3.09. The average Bonchev–Trinajstić information content (AvgIpc) is 2.62. The molecule has 0 saturated carbocycles. The summed E-state index contributed by atoms with van der Waals surface area (Å²) in [6, 6.07) is 20.5. The molecule has 0 unspecified atom stereocenters. The molecule has 124 valence electrons. The van der Waals surface area contributed by atoms with Gasteiger partial charge in [-0.25, -0.2) is 8.42 Å². The smallest absolute Gasteiger partial charge is 0.207 e. The van der Waals surface area contributed by atoms with Gasteiger partial charge in [0.2, 0.25) is 9.84 Å². The number of benzene rings is 3. The predicted molar refractivity (Wildman–Crippen MR) is 99.1 cm³/mol. The van der Waals surface area contributed by atoms with Gasteiger partial charge < -0.3 is 0 Å². The first kappa shape index (κ1) is 16.7. The van der Waals surface area contributed by atoms with E-state index in [1.165, 1.54) is 0 Å². The lowest BCUT2D eigenvalue weighted by Gasteiger charge is -2.12. The number of fused-ring (bicyclic) bond motifs is 1. The molecule has 3 aromatic rings. The van der Waals surface area contributed by atoms with Gasteiger partial charge in [0.25, 0.3) is 0 Å². The summed E-state index contributed by atoms with van der Waals surface area (Å²) in [7, 11) is -3.53. The first-order chi connectivity index (χ1) is 11.6. The Morgan fingerprint density at radius 2 is 1.42 bits per heavy atom. The third kappa shape index (κ3) is 3.22. The van der Waals surface area contributed by atoms with Crippen LogP contribution in [0.3, 0.4) is 0 Å². The predicted octanol–water partition coefficient (Wildman–Crippen LogP) is 5.41. The van der Waals surface area contributed by atoms with Crippen molar-refractivity contribution in [3.63, 3.8) is 0 Å². The van der Waals surface area contributed by atoms with Crippen LogP contribution < -0.4 is 0 Å². The van der Waals surface area contributed by atoms with E-state index < -0.39 is 9.84 Å². The highest BCUT2D eigenvalue weighted by Gasteiger charge is 2.22. The Morgan fingerprint density at radius 1 is 0.750 bits per heavy atom. The van der Waals surface area contributed by atoms with E-state index >= 15 is 0 Å². The van der Waals surface area contributed by atoms with Crippen LogP contribution in [-0.2, 0) is 16.3 Å². The van der Waals surface area contributed by atoms with Gasteiger partial charge >= 0.3 is 0 Å². The summed E-state index contributed by atoms with van der Waals surface area (Å²) in [5, 5.41) is 1.73. The Morgan fingerprint density at radius 3 is 2.25 bits per heavy atom. The Balaban J connectivity index is 2.11. The molecule has 3 aromatic carbocycles. The minimum Gasteiger partial charge on any atom is -0.218 e. The van der Waals surface area contributed by atoms with E-state index in [4.69, 9.17) is 0 Å². The molecule has 0 N–H and O–H groups in total. The molecule has 3 heteroatoms. The molecule has 0 aromatic heterocycles. The minimum atomic E-state index is -3.53. The van der Waals surface area contributed by atoms with Crippen molar-refractivity contribution in [2.24, 2.45) is 0 Å². The maximum Gasteiger partial charge on any atom is 0.207 e. The van der Waals surface area contributed by atoms with Crippen LogP contribution in [-0.4, -0.2) is 8.42 Å². The van der Waals surface area contributed by atoms with Crippen molar-refractivity contribution in [2.45, 2.75) is 42.4 Å². The number of hydrogen-bond acceptors (Lipinski definition) is 2. The second-order valence-corrected chi connectivity index (χ2v) is 7.93. The largest absolute Gasteiger partial charge is 0.218 e. The van der Waals surface area contributed by atoms with Gasteiger partial charge in [-0.3, -0.25) is 0 Å². The van der Waals surface area contributed by atoms with E-state index in [1.807, 2.05) is 48.5 Å². The summed E-state index contributed by atoms with van der Waals surface area (Å²) in [6.07, 6.45) is 4.05. The van der Waals surface area contributed by atoms with Crippen molar-refractivity contribution in [3.05, 3.63) is 72.3 Å². The SMILES string of the molecule is CCCCCc1ccccc1S(=O)(=O)c1cccc2ccccc12. The minimum absolute atomic E-state index is 0.392. The van der Waals surface area contributed by atoms with E-state index in [0.717, 1.165) is 42.0 Å². The van der Waals surface area contributed by atoms with Gasteiger partial charge in [-0.15, -0.1) is 0 Å². The summed E-state index contributed by atoms with van der Waals surface area (Å²) in [5.41, 5.74) is 0.916. The zero-order valence-electron chi connectivity index (χ0n) is 13.9. The first-order valence-corrected chi connectivity index (χ1v) is 9.93. The van der Waals surface area contributed by atoms with Crippen molar-refractivity contribution in [3.8, 4) is 0 Å². The molecule has 0 spiro atoms. The normalized spacial score (nSPS) is 11.7. The van der Waals surface area contributed by atoms with Crippen molar-refractivity contribution >= 4 is 20.6 Å². The van der Waals surface area contributed by atoms with Gasteiger partial charge in [0.15, 0.2) is 0 Å². The third-order valence-electron chi connectivity index (χ3n) is 4.35.